The molecule has 0 aliphatic rings. The Bertz CT molecular complexity index is 2750. The van der Waals surface area contributed by atoms with E-state index in [9.17, 15) is 0 Å². The van der Waals surface area contributed by atoms with Gasteiger partial charge in [0.1, 0.15) is 0 Å². The third-order valence-corrected chi connectivity index (χ3v) is 10.8. The van der Waals surface area contributed by atoms with Crippen LogP contribution in [0.2, 0.25) is 0 Å². The zero-order valence-corrected chi connectivity index (χ0v) is 29.1. The zero-order valence-electron chi connectivity index (χ0n) is 28.3. The highest BCUT2D eigenvalue weighted by molar-refractivity contribution is 7.19. The van der Waals surface area contributed by atoms with Crippen LogP contribution in [0.4, 0.5) is 0 Å². The summed E-state index contributed by atoms with van der Waals surface area (Å²) in [7, 11) is 0. The fourth-order valence-electron chi connectivity index (χ4n) is 7.26. The summed E-state index contributed by atoms with van der Waals surface area (Å²) in [6.45, 7) is 6.70. The monoisotopic (exact) mass is 670 g/mol. The van der Waals surface area contributed by atoms with Gasteiger partial charge in [0.05, 0.1) is 22.4 Å². The van der Waals surface area contributed by atoms with E-state index >= 15 is 0 Å². The molecule has 9 rings (SSSR count). The highest BCUT2D eigenvalue weighted by atomic mass is 32.1. The van der Waals surface area contributed by atoms with Crippen LogP contribution < -0.4 is 0 Å². The summed E-state index contributed by atoms with van der Waals surface area (Å²) in [5.74, 6) is 0. The molecule has 0 saturated heterocycles. The largest absolute Gasteiger partial charge is 0.309 e. The molecule has 0 amide bonds. The number of para-hydroxylation sites is 2. The summed E-state index contributed by atoms with van der Waals surface area (Å²) >= 11 is 1.81. The highest BCUT2D eigenvalue weighted by Crippen LogP contribution is 2.37. The highest BCUT2D eigenvalue weighted by Gasteiger charge is 2.18. The molecule has 2 heterocycles. The van der Waals surface area contributed by atoms with E-state index in [1.54, 1.807) is 0 Å². The maximum atomic E-state index is 5.34. The molecule has 2 aromatic heterocycles. The topological polar surface area (TPSA) is 17.3 Å². The molecule has 51 heavy (non-hydrogen) atoms. The molecule has 9 aromatic rings. The lowest BCUT2D eigenvalue weighted by Crippen LogP contribution is -2.05. The quantitative estimate of drug-likeness (QED) is 0.150. The van der Waals surface area contributed by atoms with Crippen molar-refractivity contribution in [1.29, 1.82) is 0 Å². The lowest BCUT2D eigenvalue weighted by atomic mass is 9.96. The van der Waals surface area contributed by atoms with Crippen LogP contribution in [0.1, 0.15) is 21.6 Å². The smallest absolute Gasteiger partial charge is 0.0798 e. The molecule has 0 saturated carbocycles. The molecule has 0 aliphatic carbocycles. The van der Waals surface area contributed by atoms with Crippen molar-refractivity contribution >= 4 is 54.6 Å². The third-order valence-electron chi connectivity index (χ3n) is 9.74. The van der Waals surface area contributed by atoms with Gasteiger partial charge in [-0.2, -0.15) is 0 Å². The molecule has 0 aliphatic heterocycles. The molecule has 242 valence electrons. The van der Waals surface area contributed by atoms with E-state index < -0.39 is 0 Å². The minimum absolute atomic E-state index is 0.738. The molecule has 0 atom stereocenters. The van der Waals surface area contributed by atoms with Crippen LogP contribution in [0.5, 0.6) is 0 Å². The number of hydrogen-bond donors (Lipinski definition) is 0. The average molecular weight is 671 g/mol. The van der Waals surface area contributed by atoms with Crippen LogP contribution in [0.15, 0.2) is 187 Å². The van der Waals surface area contributed by atoms with Crippen LogP contribution in [0.25, 0.3) is 65.5 Å². The van der Waals surface area contributed by atoms with E-state index in [1.807, 2.05) is 17.4 Å². The molecule has 0 radical (unpaired) electrons. The first-order chi connectivity index (χ1) is 25.1. The van der Waals surface area contributed by atoms with Gasteiger partial charge in [-0.05, 0) is 71.6 Å². The zero-order chi connectivity index (χ0) is 34.3. The van der Waals surface area contributed by atoms with Crippen LogP contribution in [0, 0.1) is 6.92 Å². The lowest BCUT2D eigenvalue weighted by Gasteiger charge is -2.12. The minimum Gasteiger partial charge on any atom is -0.309 e. The fourth-order valence-corrected chi connectivity index (χ4v) is 8.33. The number of aryl methyl sites for hydroxylation is 1. The fraction of sp³-hybridized carbons (Fsp3) is 0.0208. The average Bonchev–Trinajstić information content (AvgIpc) is 3.71. The summed E-state index contributed by atoms with van der Waals surface area (Å²) < 4.78 is 3.62. The number of aromatic nitrogens is 1. The van der Waals surface area contributed by atoms with Gasteiger partial charge in [0, 0.05) is 48.1 Å². The molecule has 0 unspecified atom stereocenters. The van der Waals surface area contributed by atoms with Gasteiger partial charge in [-0.1, -0.05) is 140 Å². The Labute approximate surface area is 301 Å². The Kier molecular flexibility index (Phi) is 7.76. The Hall–Kier alpha value is -6.29. The van der Waals surface area contributed by atoms with Crippen molar-refractivity contribution in [2.45, 2.75) is 6.92 Å². The van der Waals surface area contributed by atoms with Gasteiger partial charge >= 0.3 is 0 Å². The van der Waals surface area contributed by atoms with Gasteiger partial charge in [0.15, 0.2) is 0 Å². The van der Waals surface area contributed by atoms with E-state index in [-0.39, 0.29) is 0 Å². The van der Waals surface area contributed by atoms with Crippen molar-refractivity contribution in [3.63, 3.8) is 0 Å². The Morgan fingerprint density at radius 2 is 1.12 bits per heavy atom. The minimum atomic E-state index is 0.738. The lowest BCUT2D eigenvalue weighted by molar-refractivity contribution is 1.18. The molecular formula is C48H34N2S. The number of rotatable bonds is 7. The number of aliphatic imine (C=N–C) groups is 1. The normalized spacial score (nSPS) is 11.8. The number of nitrogens with zero attached hydrogens (tertiary/aromatic N) is 2. The third kappa shape index (κ3) is 5.58. The number of thiophene rings is 1. The Morgan fingerprint density at radius 3 is 1.92 bits per heavy atom. The standard InChI is InChI=1S/C48H34N2S/c1-32(37-16-13-17-38(30-37)34-14-5-3-6-15-34)49-48(47-33(2)51-46-23-12-10-21-42(46)47)36-26-24-35(25-27-36)39-28-29-45-43(31-39)41-20-9-11-22-44(41)50(45)40-18-7-4-8-19-40/h3-31H,1H2,2H3. The van der Waals surface area contributed by atoms with Crippen molar-refractivity contribution in [3.8, 4) is 27.9 Å². The van der Waals surface area contributed by atoms with E-state index in [0.29, 0.717) is 0 Å². The van der Waals surface area contributed by atoms with E-state index in [1.165, 1.54) is 53.5 Å². The molecule has 7 aromatic carbocycles. The Balaban J connectivity index is 1.14. The van der Waals surface area contributed by atoms with E-state index in [0.717, 1.165) is 39.3 Å². The van der Waals surface area contributed by atoms with Crippen molar-refractivity contribution in [3.05, 3.63) is 204 Å². The molecule has 0 spiro atoms. The van der Waals surface area contributed by atoms with Gasteiger partial charge < -0.3 is 4.57 Å². The van der Waals surface area contributed by atoms with Crippen LogP contribution in [-0.4, -0.2) is 10.3 Å². The van der Waals surface area contributed by atoms with E-state index in [2.05, 4.69) is 188 Å². The van der Waals surface area contributed by atoms with E-state index in [4.69, 9.17) is 4.99 Å². The predicted octanol–water partition coefficient (Wildman–Crippen LogP) is 13.1. The van der Waals surface area contributed by atoms with Gasteiger partial charge in [-0.15, -0.1) is 11.3 Å². The van der Waals surface area contributed by atoms with Gasteiger partial charge in [0.25, 0.3) is 0 Å². The maximum Gasteiger partial charge on any atom is 0.0798 e. The summed E-state index contributed by atoms with van der Waals surface area (Å²) in [6, 6.07) is 62.6. The number of benzene rings is 7. The first-order valence-electron chi connectivity index (χ1n) is 17.2. The molecule has 3 heteroatoms. The van der Waals surface area contributed by atoms with Crippen molar-refractivity contribution in [1.82, 2.24) is 4.57 Å². The van der Waals surface area contributed by atoms with Gasteiger partial charge in [-0.25, -0.2) is 4.99 Å². The van der Waals surface area contributed by atoms with Crippen LogP contribution in [-0.2, 0) is 0 Å². The van der Waals surface area contributed by atoms with Crippen molar-refractivity contribution < 1.29 is 0 Å². The van der Waals surface area contributed by atoms with Crippen molar-refractivity contribution in [2.24, 2.45) is 4.99 Å². The van der Waals surface area contributed by atoms with Gasteiger partial charge in [0.2, 0.25) is 0 Å². The SMILES string of the molecule is C=C(N=C(c1ccc(-c2ccc3c(c2)c2ccccc2n3-c2ccccc2)cc1)c1c(C)sc2ccccc12)c1cccc(-c2ccccc2)c1. The second kappa shape index (κ2) is 12.9. The molecule has 2 nitrogen and oxygen atoms in total. The summed E-state index contributed by atoms with van der Waals surface area (Å²) in [4.78, 5) is 6.58. The van der Waals surface area contributed by atoms with Crippen LogP contribution >= 0.6 is 11.3 Å². The Morgan fingerprint density at radius 1 is 0.510 bits per heavy atom. The molecule has 0 fully saturated rings. The number of hydrogen-bond acceptors (Lipinski definition) is 2. The number of fused-ring (bicyclic) bond motifs is 4. The molecule has 0 bridgehead atoms. The summed E-state index contributed by atoms with van der Waals surface area (Å²) in [5.41, 5.74) is 13.2. The molecule has 0 N–H and O–H groups in total. The second-order valence-corrected chi connectivity index (χ2v) is 14.1. The summed E-state index contributed by atoms with van der Waals surface area (Å²) in [6.07, 6.45) is 0. The van der Waals surface area contributed by atoms with Crippen molar-refractivity contribution in [2.75, 3.05) is 0 Å². The predicted molar refractivity (Wildman–Crippen MR) is 219 cm³/mol. The van der Waals surface area contributed by atoms with Gasteiger partial charge in [-0.3, -0.25) is 0 Å². The maximum absolute atomic E-state index is 5.34. The first-order valence-corrected chi connectivity index (χ1v) is 18.1. The second-order valence-electron chi connectivity index (χ2n) is 12.9. The molecular weight excluding hydrogens is 637 g/mol. The summed E-state index contributed by atoms with van der Waals surface area (Å²) in [5, 5.41) is 3.71. The van der Waals surface area contributed by atoms with Crippen LogP contribution in [0.3, 0.4) is 0 Å². The first kappa shape index (κ1) is 30.7.